The van der Waals surface area contributed by atoms with Crippen molar-refractivity contribution in [2.75, 3.05) is 13.2 Å². The highest BCUT2D eigenvalue weighted by Crippen LogP contribution is 2.37. The van der Waals surface area contributed by atoms with E-state index >= 15 is 0 Å². The van der Waals surface area contributed by atoms with Crippen molar-refractivity contribution in [3.63, 3.8) is 0 Å². The Labute approximate surface area is 152 Å². The van der Waals surface area contributed by atoms with E-state index in [2.05, 4.69) is 20.9 Å². The second-order valence-corrected chi connectivity index (χ2v) is 5.48. The Hall–Kier alpha value is -0.950. The van der Waals surface area contributed by atoms with Gasteiger partial charge in [-0.3, -0.25) is 4.98 Å². The van der Waals surface area contributed by atoms with Crippen molar-refractivity contribution in [1.29, 1.82) is 0 Å². The molecule has 1 aromatic rings. The second-order valence-electron chi connectivity index (χ2n) is 4.57. The molecule has 0 saturated heterocycles. The Kier molecular flexibility index (Phi) is 16.7. The average Bonchev–Trinajstić information content (AvgIpc) is 2.57. The SMILES string of the molecule is C=O.CC.CC.CCOCC(C)(C)c1ncc(Br)cc1C(F)(F)F. The van der Waals surface area contributed by atoms with Gasteiger partial charge in [0.1, 0.15) is 6.79 Å². The lowest BCUT2D eigenvalue weighted by Crippen LogP contribution is -2.29. The summed E-state index contributed by atoms with van der Waals surface area (Å²) in [5.74, 6) is 0. The normalized spacial score (nSPS) is 10.3. The Morgan fingerprint density at radius 2 is 1.62 bits per heavy atom. The fraction of sp³-hybridized carbons (Fsp3) is 0.647. The van der Waals surface area contributed by atoms with Gasteiger partial charge in [-0.2, -0.15) is 13.2 Å². The summed E-state index contributed by atoms with van der Waals surface area (Å²) >= 11 is 3.01. The van der Waals surface area contributed by atoms with Crippen LogP contribution >= 0.6 is 15.9 Å². The van der Waals surface area contributed by atoms with Crippen molar-refractivity contribution >= 4 is 22.7 Å². The van der Waals surface area contributed by atoms with E-state index in [0.29, 0.717) is 11.1 Å². The van der Waals surface area contributed by atoms with Crippen LogP contribution in [-0.2, 0) is 21.1 Å². The molecule has 1 heterocycles. The Bertz CT molecular complexity index is 438. The first-order chi connectivity index (χ1) is 11.2. The molecule has 0 amide bonds. The number of hydrogen-bond acceptors (Lipinski definition) is 3. The summed E-state index contributed by atoms with van der Waals surface area (Å²) < 4.78 is 44.5. The van der Waals surface area contributed by atoms with Crippen LogP contribution in [0.15, 0.2) is 16.7 Å². The van der Waals surface area contributed by atoms with Gasteiger partial charge in [0.2, 0.25) is 0 Å². The van der Waals surface area contributed by atoms with Gasteiger partial charge in [-0.25, -0.2) is 0 Å². The zero-order valence-electron chi connectivity index (χ0n) is 15.6. The molecule has 1 rings (SSSR count). The standard InChI is InChI=1S/C12H15BrF3NO.2C2H6.CH2O/c1-4-18-7-11(2,3)10-9(12(14,15)16)5-8(13)6-17-10;3*1-2/h5-6H,4,7H2,1-3H3;2*1-2H3;1H2. The number of alkyl halides is 3. The smallest absolute Gasteiger partial charge is 0.381 e. The number of aromatic nitrogens is 1. The molecule has 0 aliphatic rings. The molecule has 0 saturated carbocycles. The van der Waals surface area contributed by atoms with E-state index in [-0.39, 0.29) is 12.3 Å². The van der Waals surface area contributed by atoms with Gasteiger partial charge >= 0.3 is 6.18 Å². The van der Waals surface area contributed by atoms with E-state index in [1.54, 1.807) is 20.8 Å². The van der Waals surface area contributed by atoms with Crippen LogP contribution in [0.1, 0.15) is 59.7 Å². The van der Waals surface area contributed by atoms with E-state index in [1.807, 2.05) is 34.5 Å². The molecular weight excluding hydrogens is 387 g/mol. The van der Waals surface area contributed by atoms with E-state index in [1.165, 1.54) is 6.20 Å². The number of carbonyl (C=O) groups is 1. The summed E-state index contributed by atoms with van der Waals surface area (Å²) in [5.41, 5.74) is -1.50. The first-order valence-electron chi connectivity index (χ1n) is 7.78. The maximum absolute atomic E-state index is 13.0. The van der Waals surface area contributed by atoms with Crippen molar-refractivity contribution < 1.29 is 22.7 Å². The molecule has 0 aromatic carbocycles. The minimum absolute atomic E-state index is 0.00616. The minimum atomic E-state index is -4.42. The molecule has 0 radical (unpaired) electrons. The molecule has 0 aliphatic heterocycles. The van der Waals surface area contributed by atoms with Gasteiger partial charge in [0.15, 0.2) is 0 Å². The van der Waals surface area contributed by atoms with Crippen LogP contribution in [0.2, 0.25) is 0 Å². The number of pyridine rings is 1. The first kappa shape index (κ1) is 27.9. The summed E-state index contributed by atoms with van der Waals surface area (Å²) in [5, 5.41) is 0. The summed E-state index contributed by atoms with van der Waals surface area (Å²) in [6, 6.07) is 1.05. The largest absolute Gasteiger partial charge is 0.418 e. The van der Waals surface area contributed by atoms with Crippen LogP contribution in [-0.4, -0.2) is 25.0 Å². The highest BCUT2D eigenvalue weighted by molar-refractivity contribution is 9.10. The fourth-order valence-corrected chi connectivity index (χ4v) is 1.95. The van der Waals surface area contributed by atoms with Crippen molar-refractivity contribution in [3.8, 4) is 0 Å². The molecule has 0 unspecified atom stereocenters. The van der Waals surface area contributed by atoms with Gasteiger partial charge < -0.3 is 9.53 Å². The summed E-state index contributed by atoms with van der Waals surface area (Å²) in [7, 11) is 0. The molecule has 0 bridgehead atoms. The van der Waals surface area contributed by atoms with Crippen LogP contribution in [0, 0.1) is 0 Å². The van der Waals surface area contributed by atoms with Crippen molar-refractivity contribution in [2.24, 2.45) is 0 Å². The molecule has 0 spiro atoms. The lowest BCUT2D eigenvalue weighted by molar-refractivity contribution is -0.139. The lowest BCUT2D eigenvalue weighted by Gasteiger charge is -2.27. The number of nitrogens with zero attached hydrogens (tertiary/aromatic N) is 1. The molecule has 0 fully saturated rings. The van der Waals surface area contributed by atoms with Crippen LogP contribution in [0.25, 0.3) is 0 Å². The topological polar surface area (TPSA) is 39.2 Å². The zero-order chi connectivity index (χ0) is 20.0. The van der Waals surface area contributed by atoms with Gasteiger partial charge in [0.25, 0.3) is 0 Å². The summed E-state index contributed by atoms with van der Waals surface area (Å²) in [4.78, 5) is 11.9. The third kappa shape index (κ3) is 10.0. The zero-order valence-corrected chi connectivity index (χ0v) is 17.1. The maximum atomic E-state index is 13.0. The monoisotopic (exact) mass is 415 g/mol. The van der Waals surface area contributed by atoms with Gasteiger partial charge in [-0.1, -0.05) is 41.5 Å². The predicted molar refractivity (Wildman–Crippen MR) is 96.3 cm³/mol. The van der Waals surface area contributed by atoms with Crippen LogP contribution in [0.5, 0.6) is 0 Å². The molecule has 1 aromatic heterocycles. The van der Waals surface area contributed by atoms with Crippen molar-refractivity contribution in [1.82, 2.24) is 4.98 Å². The molecule has 0 aliphatic carbocycles. The fourth-order valence-electron chi connectivity index (χ4n) is 1.62. The van der Waals surface area contributed by atoms with Gasteiger partial charge in [-0.15, -0.1) is 0 Å². The Balaban J connectivity index is -0.000000659. The molecule has 142 valence electrons. The minimum Gasteiger partial charge on any atom is -0.381 e. The third-order valence-corrected chi connectivity index (χ3v) is 2.90. The van der Waals surface area contributed by atoms with Crippen LogP contribution < -0.4 is 0 Å². The van der Waals surface area contributed by atoms with Crippen LogP contribution in [0.4, 0.5) is 13.2 Å². The van der Waals surface area contributed by atoms with E-state index in [0.717, 1.165) is 6.07 Å². The molecule has 0 N–H and O–H groups in total. The highest BCUT2D eigenvalue weighted by Gasteiger charge is 2.39. The van der Waals surface area contributed by atoms with Gasteiger partial charge in [0, 0.05) is 22.7 Å². The number of halogens is 4. The van der Waals surface area contributed by atoms with E-state index in [4.69, 9.17) is 9.53 Å². The molecule has 7 heteroatoms. The maximum Gasteiger partial charge on any atom is 0.418 e. The Morgan fingerprint density at radius 3 is 2.00 bits per heavy atom. The lowest BCUT2D eigenvalue weighted by atomic mass is 9.86. The van der Waals surface area contributed by atoms with Crippen molar-refractivity contribution in [2.45, 2.75) is 60.1 Å². The summed E-state index contributed by atoms with van der Waals surface area (Å²) in [6.07, 6.45) is -3.05. The molecule has 0 atom stereocenters. The van der Waals surface area contributed by atoms with Gasteiger partial charge in [-0.05, 0) is 28.9 Å². The first-order valence-corrected chi connectivity index (χ1v) is 8.57. The Morgan fingerprint density at radius 1 is 1.17 bits per heavy atom. The average molecular weight is 416 g/mol. The molecule has 3 nitrogen and oxygen atoms in total. The van der Waals surface area contributed by atoms with Crippen LogP contribution in [0.3, 0.4) is 0 Å². The highest BCUT2D eigenvalue weighted by atomic mass is 79.9. The second kappa shape index (κ2) is 14.4. The number of hydrogen-bond donors (Lipinski definition) is 0. The van der Waals surface area contributed by atoms with E-state index in [9.17, 15) is 13.2 Å². The third-order valence-electron chi connectivity index (χ3n) is 2.47. The predicted octanol–water partition coefficient (Wildman–Crippen LogP) is 6.04. The number of ether oxygens (including phenoxy) is 1. The van der Waals surface area contributed by atoms with E-state index < -0.39 is 17.2 Å². The number of carbonyl (C=O) groups excluding carboxylic acids is 1. The molecule has 24 heavy (non-hydrogen) atoms. The number of rotatable bonds is 4. The quantitative estimate of drug-likeness (QED) is 0.600. The van der Waals surface area contributed by atoms with Crippen molar-refractivity contribution in [3.05, 3.63) is 28.0 Å². The summed E-state index contributed by atoms with van der Waals surface area (Å²) in [6.45, 7) is 15.8. The van der Waals surface area contributed by atoms with Gasteiger partial charge in [0.05, 0.1) is 17.9 Å². The molecular formula is C17H29BrF3NO2.